The van der Waals surface area contributed by atoms with Crippen LogP contribution in [0.25, 0.3) is 0 Å². The number of carboxylic acids is 1. The van der Waals surface area contributed by atoms with Gasteiger partial charge in [0, 0.05) is 0 Å². The van der Waals surface area contributed by atoms with E-state index < -0.39 is 47.8 Å². The Kier molecular flexibility index (Phi) is 8.38. The number of ether oxygens (including phenoxy) is 3. The molecule has 0 heterocycles. The predicted molar refractivity (Wildman–Crippen MR) is 107 cm³/mol. The maximum absolute atomic E-state index is 12.6. The van der Waals surface area contributed by atoms with E-state index in [-0.39, 0.29) is 6.61 Å². The van der Waals surface area contributed by atoms with Gasteiger partial charge in [-0.25, -0.2) is 14.4 Å². The van der Waals surface area contributed by atoms with Crippen LogP contribution in [0.4, 0.5) is 9.59 Å². The van der Waals surface area contributed by atoms with Crippen molar-refractivity contribution < 1.29 is 38.5 Å². The SMILES string of the molecule is CC(C)(C)OC(=O)N(C(=O)OC(C)(C)C)C(CC(=O)OCc1ccccc1)C(=O)O. The molecule has 0 aliphatic rings. The van der Waals surface area contributed by atoms with Gasteiger partial charge in [-0.05, 0) is 47.1 Å². The fourth-order valence-electron chi connectivity index (χ4n) is 2.20. The van der Waals surface area contributed by atoms with Crippen molar-refractivity contribution in [2.24, 2.45) is 0 Å². The van der Waals surface area contributed by atoms with Crippen molar-refractivity contribution in [1.29, 1.82) is 0 Å². The van der Waals surface area contributed by atoms with Crippen LogP contribution in [0.3, 0.4) is 0 Å². The van der Waals surface area contributed by atoms with Gasteiger partial charge in [0.25, 0.3) is 0 Å². The molecule has 2 amide bonds. The summed E-state index contributed by atoms with van der Waals surface area (Å²) >= 11 is 0. The first kappa shape index (κ1) is 24.9. The minimum atomic E-state index is -1.86. The molecule has 0 saturated heterocycles. The Labute approximate surface area is 175 Å². The number of carbonyl (C=O) groups excluding carboxylic acids is 3. The summed E-state index contributed by atoms with van der Waals surface area (Å²) < 4.78 is 15.4. The van der Waals surface area contributed by atoms with Gasteiger partial charge in [-0.3, -0.25) is 4.79 Å². The molecule has 0 fully saturated rings. The Balaban J connectivity index is 3.04. The number of carboxylic acid groups (broad SMARTS) is 1. The summed E-state index contributed by atoms with van der Waals surface area (Å²) in [7, 11) is 0. The van der Waals surface area contributed by atoms with Crippen molar-refractivity contribution in [2.45, 2.75) is 71.8 Å². The fraction of sp³-hybridized carbons (Fsp3) is 0.524. The van der Waals surface area contributed by atoms with Crippen molar-refractivity contribution >= 4 is 24.1 Å². The molecule has 1 N–H and O–H groups in total. The molecule has 9 heteroatoms. The van der Waals surface area contributed by atoms with Crippen LogP contribution in [-0.2, 0) is 30.4 Å². The van der Waals surface area contributed by atoms with Crippen molar-refractivity contribution in [2.75, 3.05) is 0 Å². The number of benzene rings is 1. The first-order chi connectivity index (χ1) is 13.7. The molecule has 1 atom stereocenters. The Morgan fingerprint density at radius 2 is 1.37 bits per heavy atom. The largest absolute Gasteiger partial charge is 0.480 e. The van der Waals surface area contributed by atoms with Crippen LogP contribution in [0.15, 0.2) is 30.3 Å². The minimum Gasteiger partial charge on any atom is -0.480 e. The summed E-state index contributed by atoms with van der Waals surface area (Å²) in [4.78, 5) is 49.5. The Morgan fingerprint density at radius 1 is 0.900 bits per heavy atom. The number of hydrogen-bond acceptors (Lipinski definition) is 7. The molecule has 0 saturated carbocycles. The van der Waals surface area contributed by atoms with Crippen molar-refractivity contribution in [3.63, 3.8) is 0 Å². The summed E-state index contributed by atoms with van der Waals surface area (Å²) in [5.41, 5.74) is -1.31. The van der Waals surface area contributed by atoms with E-state index in [4.69, 9.17) is 14.2 Å². The average Bonchev–Trinajstić information content (AvgIpc) is 2.57. The van der Waals surface area contributed by atoms with E-state index in [1.807, 2.05) is 0 Å². The second-order valence-electron chi connectivity index (χ2n) is 8.54. The van der Waals surface area contributed by atoms with Gasteiger partial charge in [0.1, 0.15) is 17.8 Å². The lowest BCUT2D eigenvalue weighted by Gasteiger charge is -2.31. The highest BCUT2D eigenvalue weighted by Crippen LogP contribution is 2.19. The zero-order valence-corrected chi connectivity index (χ0v) is 18.1. The number of carbonyl (C=O) groups is 4. The van der Waals surface area contributed by atoms with Gasteiger partial charge in [-0.2, -0.15) is 4.90 Å². The number of rotatable bonds is 6. The van der Waals surface area contributed by atoms with E-state index >= 15 is 0 Å². The highest BCUT2D eigenvalue weighted by atomic mass is 16.6. The molecular weight excluding hydrogens is 394 g/mol. The molecule has 1 unspecified atom stereocenters. The lowest BCUT2D eigenvalue weighted by Crippen LogP contribution is -2.52. The first-order valence-corrected chi connectivity index (χ1v) is 9.37. The van der Waals surface area contributed by atoms with Crippen molar-refractivity contribution in [3.8, 4) is 0 Å². The molecule has 166 valence electrons. The molecule has 0 aliphatic heterocycles. The van der Waals surface area contributed by atoms with Gasteiger partial charge in [0.15, 0.2) is 6.04 Å². The first-order valence-electron chi connectivity index (χ1n) is 9.37. The van der Waals surface area contributed by atoms with Gasteiger partial charge in [0.05, 0.1) is 6.42 Å². The molecule has 1 aromatic carbocycles. The topological polar surface area (TPSA) is 119 Å². The summed E-state index contributed by atoms with van der Waals surface area (Å²) in [6, 6.07) is 6.92. The van der Waals surface area contributed by atoms with Crippen LogP contribution in [-0.4, -0.2) is 51.4 Å². The van der Waals surface area contributed by atoms with E-state index in [9.17, 15) is 24.3 Å². The van der Waals surface area contributed by atoms with Gasteiger partial charge < -0.3 is 19.3 Å². The summed E-state index contributed by atoms with van der Waals surface area (Å²) in [6.45, 7) is 9.27. The van der Waals surface area contributed by atoms with Crippen LogP contribution in [0, 0.1) is 0 Å². The quantitative estimate of drug-likeness (QED) is 0.543. The Morgan fingerprint density at radius 3 is 1.77 bits per heavy atom. The number of esters is 1. The van der Waals surface area contributed by atoms with E-state index in [1.165, 1.54) is 0 Å². The number of amides is 2. The minimum absolute atomic E-state index is 0.0785. The van der Waals surface area contributed by atoms with Crippen molar-refractivity contribution in [1.82, 2.24) is 4.90 Å². The van der Waals surface area contributed by atoms with Gasteiger partial charge in [-0.1, -0.05) is 30.3 Å². The standard InChI is InChI=1S/C21H29NO8/c1-20(2,3)29-18(26)22(19(27)30-21(4,5)6)15(17(24)25)12-16(23)28-13-14-10-8-7-9-11-14/h7-11,15H,12-13H2,1-6H3,(H,24,25). The molecule has 1 rings (SSSR count). The molecule has 0 bridgehead atoms. The summed E-state index contributed by atoms with van der Waals surface area (Å²) in [5.74, 6) is -2.48. The van der Waals surface area contributed by atoms with Crippen LogP contribution in [0.2, 0.25) is 0 Å². The normalized spacial score (nSPS) is 12.5. The second-order valence-corrected chi connectivity index (χ2v) is 8.54. The van der Waals surface area contributed by atoms with Crippen LogP contribution in [0.5, 0.6) is 0 Å². The smallest absolute Gasteiger partial charge is 0.420 e. The van der Waals surface area contributed by atoms with Gasteiger partial charge >= 0.3 is 24.1 Å². The van der Waals surface area contributed by atoms with Gasteiger partial charge in [-0.15, -0.1) is 0 Å². The van der Waals surface area contributed by atoms with Crippen LogP contribution in [0.1, 0.15) is 53.5 Å². The number of imide groups is 1. The molecular formula is C21H29NO8. The zero-order chi connectivity index (χ0) is 23.1. The average molecular weight is 423 g/mol. The van der Waals surface area contributed by atoms with Crippen LogP contribution >= 0.6 is 0 Å². The lowest BCUT2D eigenvalue weighted by atomic mass is 10.1. The third-order valence-electron chi connectivity index (χ3n) is 3.38. The molecule has 0 spiro atoms. The highest BCUT2D eigenvalue weighted by Gasteiger charge is 2.41. The monoisotopic (exact) mass is 423 g/mol. The fourth-order valence-corrected chi connectivity index (χ4v) is 2.20. The lowest BCUT2D eigenvalue weighted by molar-refractivity contribution is -0.153. The third-order valence-corrected chi connectivity index (χ3v) is 3.38. The number of nitrogens with zero attached hydrogens (tertiary/aromatic N) is 1. The van der Waals surface area contributed by atoms with Crippen LogP contribution < -0.4 is 0 Å². The highest BCUT2D eigenvalue weighted by molar-refractivity contribution is 5.95. The van der Waals surface area contributed by atoms with E-state index in [0.29, 0.717) is 10.5 Å². The Bertz CT molecular complexity index is 733. The summed E-state index contributed by atoms with van der Waals surface area (Å²) in [6.07, 6.45) is -3.24. The molecule has 9 nitrogen and oxygen atoms in total. The van der Waals surface area contributed by atoms with Gasteiger partial charge in [0.2, 0.25) is 0 Å². The molecule has 30 heavy (non-hydrogen) atoms. The van der Waals surface area contributed by atoms with E-state index in [0.717, 1.165) is 0 Å². The maximum Gasteiger partial charge on any atom is 0.420 e. The third kappa shape index (κ3) is 8.93. The maximum atomic E-state index is 12.6. The number of hydrogen-bond donors (Lipinski definition) is 1. The Hall–Kier alpha value is -3.10. The summed E-state index contributed by atoms with van der Waals surface area (Å²) in [5, 5.41) is 9.61. The molecule has 0 aromatic heterocycles. The van der Waals surface area contributed by atoms with Crippen molar-refractivity contribution in [3.05, 3.63) is 35.9 Å². The predicted octanol–water partition coefficient (Wildman–Crippen LogP) is 3.75. The molecule has 0 radical (unpaired) electrons. The number of aliphatic carboxylic acids is 1. The van der Waals surface area contributed by atoms with E-state index in [2.05, 4.69) is 0 Å². The zero-order valence-electron chi connectivity index (χ0n) is 18.1. The molecule has 0 aliphatic carbocycles. The molecule has 1 aromatic rings. The second kappa shape index (κ2) is 10.1. The van der Waals surface area contributed by atoms with E-state index in [1.54, 1.807) is 71.9 Å².